The molecule has 0 aromatic carbocycles. The minimum Gasteiger partial charge on any atom is -0.395 e. The number of anilines is 1. The molecule has 0 atom stereocenters. The Morgan fingerprint density at radius 3 is 2.58 bits per heavy atom. The van der Waals surface area contributed by atoms with Crippen LogP contribution in [-0.4, -0.2) is 34.4 Å². The van der Waals surface area contributed by atoms with Crippen LogP contribution in [0.25, 0.3) is 0 Å². The number of nitrogens with zero attached hydrogens (tertiary/aromatic N) is 2. The lowest BCUT2D eigenvalue weighted by atomic mass is 9.94. The molecule has 1 aromatic heterocycles. The Morgan fingerprint density at radius 1 is 1.26 bits per heavy atom. The highest BCUT2D eigenvalue weighted by Crippen LogP contribution is 2.28. The first-order chi connectivity index (χ1) is 9.26. The number of aromatic nitrogens is 1. The highest BCUT2D eigenvalue weighted by molar-refractivity contribution is 5.48. The Hall–Kier alpha value is -1.13. The van der Waals surface area contributed by atoms with Crippen LogP contribution in [0.2, 0.25) is 0 Å². The Kier molecular flexibility index (Phi) is 5.16. The smallest absolute Gasteiger partial charge is 0.131 e. The Bertz CT molecular complexity index is 403. The van der Waals surface area contributed by atoms with Crippen molar-refractivity contribution >= 4 is 5.82 Å². The van der Waals surface area contributed by atoms with Crippen molar-refractivity contribution in [3.05, 3.63) is 23.4 Å². The van der Waals surface area contributed by atoms with E-state index in [0.717, 1.165) is 16.9 Å². The molecule has 1 aliphatic carbocycles. The summed E-state index contributed by atoms with van der Waals surface area (Å²) in [6, 6.07) is 2.47. The second-order valence-corrected chi connectivity index (χ2v) is 5.35. The van der Waals surface area contributed by atoms with Crippen LogP contribution >= 0.6 is 0 Å². The maximum absolute atomic E-state index is 9.31. The summed E-state index contributed by atoms with van der Waals surface area (Å²) in [6.07, 6.45) is 7.95. The number of hydrogen-bond donors (Lipinski definition) is 2. The lowest BCUT2D eigenvalue weighted by molar-refractivity contribution is 0.281. The van der Waals surface area contributed by atoms with Crippen LogP contribution in [0.1, 0.15) is 43.2 Å². The van der Waals surface area contributed by atoms with Crippen LogP contribution in [0.15, 0.2) is 12.3 Å². The second-order valence-electron chi connectivity index (χ2n) is 5.35. The number of hydrogen-bond acceptors (Lipinski definition) is 4. The van der Waals surface area contributed by atoms with Gasteiger partial charge in [0.2, 0.25) is 0 Å². The summed E-state index contributed by atoms with van der Waals surface area (Å²) in [5, 5.41) is 18.5. The van der Waals surface area contributed by atoms with Gasteiger partial charge in [-0.3, -0.25) is 0 Å². The second kappa shape index (κ2) is 6.87. The van der Waals surface area contributed by atoms with E-state index in [1.807, 2.05) is 13.0 Å². The summed E-state index contributed by atoms with van der Waals surface area (Å²) < 4.78 is 0. The van der Waals surface area contributed by atoms with Gasteiger partial charge in [0.15, 0.2) is 0 Å². The van der Waals surface area contributed by atoms with E-state index in [2.05, 4.69) is 9.88 Å². The average molecular weight is 264 g/mol. The molecular weight excluding hydrogens is 240 g/mol. The first-order valence-electron chi connectivity index (χ1n) is 7.20. The number of aliphatic hydroxyl groups is 2. The summed E-state index contributed by atoms with van der Waals surface area (Å²) >= 11 is 0. The molecule has 0 radical (unpaired) electrons. The van der Waals surface area contributed by atoms with E-state index in [-0.39, 0.29) is 13.2 Å². The molecule has 4 nitrogen and oxygen atoms in total. The van der Waals surface area contributed by atoms with Crippen LogP contribution in [0.4, 0.5) is 5.82 Å². The minimum absolute atomic E-state index is 0.0253. The fraction of sp³-hybridized carbons (Fsp3) is 0.667. The molecule has 1 heterocycles. The fourth-order valence-corrected chi connectivity index (χ4v) is 2.97. The SMILES string of the molecule is Cc1cc(CO)cnc1N(CCO)C1CCCCC1. The monoisotopic (exact) mass is 264 g/mol. The van der Waals surface area contributed by atoms with E-state index in [9.17, 15) is 5.11 Å². The largest absolute Gasteiger partial charge is 0.395 e. The molecule has 0 bridgehead atoms. The molecule has 2 rings (SSSR count). The van der Waals surface area contributed by atoms with Crippen molar-refractivity contribution in [2.45, 2.75) is 51.7 Å². The van der Waals surface area contributed by atoms with Crippen molar-refractivity contribution in [3.8, 4) is 0 Å². The molecule has 4 heteroatoms. The van der Waals surface area contributed by atoms with E-state index in [1.54, 1.807) is 6.20 Å². The van der Waals surface area contributed by atoms with Crippen molar-refractivity contribution in [2.75, 3.05) is 18.1 Å². The lowest BCUT2D eigenvalue weighted by Crippen LogP contribution is -2.39. The van der Waals surface area contributed by atoms with Crippen LogP contribution in [-0.2, 0) is 6.61 Å². The molecule has 0 spiro atoms. The number of aryl methyl sites for hydroxylation is 1. The summed E-state index contributed by atoms with van der Waals surface area (Å²) in [5.74, 6) is 0.957. The maximum Gasteiger partial charge on any atom is 0.131 e. The zero-order valence-corrected chi connectivity index (χ0v) is 11.7. The van der Waals surface area contributed by atoms with E-state index >= 15 is 0 Å². The normalized spacial score (nSPS) is 16.6. The van der Waals surface area contributed by atoms with Crippen molar-refractivity contribution in [3.63, 3.8) is 0 Å². The van der Waals surface area contributed by atoms with Gasteiger partial charge in [-0.2, -0.15) is 0 Å². The Labute approximate surface area is 115 Å². The third-order valence-corrected chi connectivity index (χ3v) is 3.92. The molecule has 0 unspecified atom stereocenters. The topological polar surface area (TPSA) is 56.6 Å². The molecule has 2 N–H and O–H groups in total. The lowest BCUT2D eigenvalue weighted by Gasteiger charge is -2.35. The van der Waals surface area contributed by atoms with Gasteiger partial charge < -0.3 is 15.1 Å². The summed E-state index contributed by atoms with van der Waals surface area (Å²) in [7, 11) is 0. The molecule has 0 aliphatic heterocycles. The molecule has 1 aromatic rings. The van der Waals surface area contributed by atoms with Gasteiger partial charge >= 0.3 is 0 Å². The van der Waals surface area contributed by atoms with Crippen molar-refractivity contribution in [2.24, 2.45) is 0 Å². The van der Waals surface area contributed by atoms with E-state index < -0.39 is 0 Å². The standard InChI is InChI=1S/C15H24N2O2/c1-12-9-13(11-19)10-16-15(12)17(7-8-18)14-5-3-2-4-6-14/h9-10,14,18-19H,2-8,11H2,1H3. The number of rotatable bonds is 5. The van der Waals surface area contributed by atoms with Crippen molar-refractivity contribution in [1.29, 1.82) is 0 Å². The van der Waals surface area contributed by atoms with Gasteiger partial charge in [0.25, 0.3) is 0 Å². The maximum atomic E-state index is 9.31. The highest BCUT2D eigenvalue weighted by atomic mass is 16.3. The van der Waals surface area contributed by atoms with Crippen LogP contribution in [0.5, 0.6) is 0 Å². The molecule has 1 saturated carbocycles. The van der Waals surface area contributed by atoms with Gasteiger partial charge in [-0.05, 0) is 37.0 Å². The van der Waals surface area contributed by atoms with Crippen LogP contribution in [0, 0.1) is 6.92 Å². The average Bonchev–Trinajstić information content (AvgIpc) is 2.46. The summed E-state index contributed by atoms with van der Waals surface area (Å²) in [5.41, 5.74) is 1.92. The predicted molar refractivity (Wildman–Crippen MR) is 76.2 cm³/mol. The van der Waals surface area contributed by atoms with Gasteiger partial charge in [-0.15, -0.1) is 0 Å². The minimum atomic E-state index is 0.0253. The molecule has 1 aliphatic rings. The predicted octanol–water partition coefficient (Wildman–Crippen LogP) is 2.01. The third kappa shape index (κ3) is 3.45. The molecule has 19 heavy (non-hydrogen) atoms. The highest BCUT2D eigenvalue weighted by Gasteiger charge is 2.23. The van der Waals surface area contributed by atoms with Crippen LogP contribution < -0.4 is 4.90 Å². The summed E-state index contributed by atoms with van der Waals surface area (Å²) in [6.45, 7) is 2.84. The molecule has 0 amide bonds. The first-order valence-corrected chi connectivity index (χ1v) is 7.20. The summed E-state index contributed by atoms with van der Waals surface area (Å²) in [4.78, 5) is 6.74. The quantitative estimate of drug-likeness (QED) is 0.854. The van der Waals surface area contributed by atoms with Gasteiger partial charge in [0.1, 0.15) is 5.82 Å². The first kappa shape index (κ1) is 14.3. The zero-order valence-electron chi connectivity index (χ0n) is 11.7. The zero-order chi connectivity index (χ0) is 13.7. The molecule has 106 valence electrons. The Morgan fingerprint density at radius 2 is 2.00 bits per heavy atom. The van der Waals surface area contributed by atoms with Crippen molar-refractivity contribution < 1.29 is 10.2 Å². The van der Waals surface area contributed by atoms with Crippen LogP contribution in [0.3, 0.4) is 0 Å². The van der Waals surface area contributed by atoms with E-state index in [0.29, 0.717) is 12.6 Å². The Balaban J connectivity index is 2.22. The van der Waals surface area contributed by atoms with E-state index in [1.165, 1.54) is 32.1 Å². The van der Waals surface area contributed by atoms with Crippen molar-refractivity contribution in [1.82, 2.24) is 4.98 Å². The third-order valence-electron chi connectivity index (χ3n) is 3.92. The van der Waals surface area contributed by atoms with Gasteiger partial charge in [-0.25, -0.2) is 4.98 Å². The molecule has 0 saturated heterocycles. The molecule has 1 fully saturated rings. The van der Waals surface area contributed by atoms with Gasteiger partial charge in [0.05, 0.1) is 13.2 Å². The number of pyridine rings is 1. The van der Waals surface area contributed by atoms with Gasteiger partial charge in [0, 0.05) is 18.8 Å². The molecular formula is C15H24N2O2. The fourth-order valence-electron chi connectivity index (χ4n) is 2.97. The van der Waals surface area contributed by atoms with Gasteiger partial charge in [-0.1, -0.05) is 19.3 Å². The number of aliphatic hydroxyl groups excluding tert-OH is 2. The van der Waals surface area contributed by atoms with E-state index in [4.69, 9.17) is 5.11 Å².